The number of alkyl halides is 2. The summed E-state index contributed by atoms with van der Waals surface area (Å²) in [4.78, 5) is 4.33. The predicted octanol–water partition coefficient (Wildman–Crippen LogP) is 2.43. The maximum absolute atomic E-state index is 6.07. The lowest BCUT2D eigenvalue weighted by atomic mass is 10.0. The molecule has 0 aromatic carbocycles. The van der Waals surface area contributed by atoms with Crippen molar-refractivity contribution in [1.82, 2.24) is 0 Å². The van der Waals surface area contributed by atoms with Crippen molar-refractivity contribution < 1.29 is 4.74 Å². The fourth-order valence-electron chi connectivity index (χ4n) is 1.23. The molecule has 0 fully saturated rings. The molecule has 0 radical (unpaired) electrons. The molecule has 0 aliphatic carbocycles. The van der Waals surface area contributed by atoms with Crippen LogP contribution < -0.4 is 0 Å². The SMILES string of the molecule is COC1(C)N=C(C)C(Cl)CC1Cl. The van der Waals surface area contributed by atoms with Crippen molar-refractivity contribution in [2.24, 2.45) is 4.99 Å². The standard InChI is InChI=1S/C8H13Cl2NO/c1-5-6(9)4-7(10)8(2,11-5)12-3/h6-7H,4H2,1-3H3. The maximum Gasteiger partial charge on any atom is 0.172 e. The van der Waals surface area contributed by atoms with E-state index in [1.165, 1.54) is 0 Å². The van der Waals surface area contributed by atoms with Crippen LogP contribution in [0.3, 0.4) is 0 Å². The summed E-state index contributed by atoms with van der Waals surface area (Å²) in [6.07, 6.45) is 0.711. The fourth-order valence-corrected chi connectivity index (χ4v) is 1.87. The molecule has 0 spiro atoms. The lowest BCUT2D eigenvalue weighted by Gasteiger charge is -2.35. The molecular weight excluding hydrogens is 197 g/mol. The highest BCUT2D eigenvalue weighted by Crippen LogP contribution is 2.32. The first-order valence-corrected chi connectivity index (χ1v) is 4.76. The molecule has 0 saturated carbocycles. The smallest absolute Gasteiger partial charge is 0.172 e. The van der Waals surface area contributed by atoms with E-state index >= 15 is 0 Å². The van der Waals surface area contributed by atoms with E-state index in [0.29, 0.717) is 6.42 Å². The first-order chi connectivity index (χ1) is 5.49. The fraction of sp³-hybridized carbons (Fsp3) is 0.875. The molecule has 3 unspecified atom stereocenters. The molecule has 2 nitrogen and oxygen atoms in total. The van der Waals surface area contributed by atoms with Gasteiger partial charge in [-0.3, -0.25) is 4.99 Å². The Labute approximate surface area is 82.9 Å². The molecule has 0 N–H and O–H groups in total. The maximum atomic E-state index is 6.07. The monoisotopic (exact) mass is 209 g/mol. The van der Waals surface area contributed by atoms with Crippen LogP contribution in [-0.2, 0) is 4.74 Å². The van der Waals surface area contributed by atoms with Crippen LogP contribution in [0.5, 0.6) is 0 Å². The summed E-state index contributed by atoms with van der Waals surface area (Å²) in [6.45, 7) is 3.77. The van der Waals surface area contributed by atoms with Crippen LogP contribution in [0.2, 0.25) is 0 Å². The van der Waals surface area contributed by atoms with Gasteiger partial charge in [-0.25, -0.2) is 0 Å². The molecule has 1 heterocycles. The third-order valence-corrected chi connectivity index (χ3v) is 3.34. The second-order valence-electron chi connectivity index (χ2n) is 3.18. The summed E-state index contributed by atoms with van der Waals surface area (Å²) in [7, 11) is 1.61. The van der Waals surface area contributed by atoms with Gasteiger partial charge in [0.05, 0.1) is 10.8 Å². The minimum Gasteiger partial charge on any atom is -0.356 e. The third-order valence-electron chi connectivity index (χ3n) is 2.26. The van der Waals surface area contributed by atoms with Crippen LogP contribution in [0, 0.1) is 0 Å². The quantitative estimate of drug-likeness (QED) is 0.609. The minimum atomic E-state index is -0.600. The Balaban J connectivity index is 2.90. The van der Waals surface area contributed by atoms with E-state index in [-0.39, 0.29) is 10.8 Å². The number of rotatable bonds is 1. The van der Waals surface area contributed by atoms with Gasteiger partial charge in [0, 0.05) is 12.8 Å². The van der Waals surface area contributed by atoms with Crippen LogP contribution in [0.25, 0.3) is 0 Å². The largest absolute Gasteiger partial charge is 0.356 e. The number of hydrogen-bond acceptors (Lipinski definition) is 2. The topological polar surface area (TPSA) is 21.6 Å². The van der Waals surface area contributed by atoms with Crippen LogP contribution in [0.15, 0.2) is 4.99 Å². The average Bonchev–Trinajstić information content (AvgIpc) is 2.01. The van der Waals surface area contributed by atoms with Crippen molar-refractivity contribution in [2.75, 3.05) is 7.11 Å². The zero-order valence-corrected chi connectivity index (χ0v) is 8.99. The zero-order chi connectivity index (χ0) is 9.35. The van der Waals surface area contributed by atoms with E-state index in [1.807, 2.05) is 13.8 Å². The number of nitrogens with zero attached hydrogens (tertiary/aromatic N) is 1. The Hall–Kier alpha value is 0.210. The molecule has 0 amide bonds. The first kappa shape index (κ1) is 10.3. The van der Waals surface area contributed by atoms with Crippen molar-refractivity contribution in [3.63, 3.8) is 0 Å². The van der Waals surface area contributed by atoms with E-state index in [1.54, 1.807) is 7.11 Å². The highest BCUT2D eigenvalue weighted by molar-refractivity contribution is 6.33. The Morgan fingerprint density at radius 2 is 2.17 bits per heavy atom. The number of halogens is 2. The molecule has 4 heteroatoms. The lowest BCUT2D eigenvalue weighted by molar-refractivity contribution is 0.00579. The van der Waals surface area contributed by atoms with Gasteiger partial charge in [0.15, 0.2) is 5.72 Å². The highest BCUT2D eigenvalue weighted by Gasteiger charge is 2.38. The van der Waals surface area contributed by atoms with E-state index in [4.69, 9.17) is 27.9 Å². The number of methoxy groups -OCH3 is 1. The van der Waals surface area contributed by atoms with Crippen molar-refractivity contribution in [3.05, 3.63) is 0 Å². The Bertz CT molecular complexity index is 207. The molecule has 12 heavy (non-hydrogen) atoms. The van der Waals surface area contributed by atoms with Gasteiger partial charge in [0.2, 0.25) is 0 Å². The van der Waals surface area contributed by atoms with Gasteiger partial charge in [0.25, 0.3) is 0 Å². The molecule has 3 atom stereocenters. The molecule has 0 bridgehead atoms. The summed E-state index contributed by atoms with van der Waals surface area (Å²) in [5.74, 6) is 0. The first-order valence-electron chi connectivity index (χ1n) is 3.89. The van der Waals surface area contributed by atoms with Crippen LogP contribution in [-0.4, -0.2) is 29.3 Å². The minimum absolute atomic E-state index is 0.0456. The van der Waals surface area contributed by atoms with E-state index in [0.717, 1.165) is 5.71 Å². The van der Waals surface area contributed by atoms with Crippen molar-refractivity contribution >= 4 is 28.9 Å². The van der Waals surface area contributed by atoms with Crippen LogP contribution in [0.1, 0.15) is 20.3 Å². The second-order valence-corrected chi connectivity index (χ2v) is 4.24. The Morgan fingerprint density at radius 1 is 1.58 bits per heavy atom. The van der Waals surface area contributed by atoms with Gasteiger partial charge < -0.3 is 4.74 Å². The molecule has 0 aromatic heterocycles. The number of aliphatic imine (C=N–C) groups is 1. The highest BCUT2D eigenvalue weighted by atomic mass is 35.5. The van der Waals surface area contributed by atoms with Crippen LogP contribution in [0.4, 0.5) is 0 Å². The molecule has 1 aliphatic heterocycles. The van der Waals surface area contributed by atoms with Crippen LogP contribution >= 0.6 is 23.2 Å². The normalized spacial score (nSPS) is 42.6. The van der Waals surface area contributed by atoms with Crippen molar-refractivity contribution in [3.8, 4) is 0 Å². The molecule has 70 valence electrons. The predicted molar refractivity (Wildman–Crippen MR) is 52.4 cm³/mol. The van der Waals surface area contributed by atoms with E-state index in [2.05, 4.69) is 4.99 Å². The summed E-state index contributed by atoms with van der Waals surface area (Å²) in [5, 5.41) is -0.190. The lowest BCUT2D eigenvalue weighted by Crippen LogP contribution is -2.43. The zero-order valence-electron chi connectivity index (χ0n) is 7.47. The van der Waals surface area contributed by atoms with Gasteiger partial charge in [-0.2, -0.15) is 0 Å². The van der Waals surface area contributed by atoms with Gasteiger partial charge in [-0.1, -0.05) is 0 Å². The van der Waals surface area contributed by atoms with Crippen molar-refractivity contribution in [2.45, 2.75) is 36.7 Å². The summed E-state index contributed by atoms with van der Waals surface area (Å²) >= 11 is 12.0. The van der Waals surface area contributed by atoms with Gasteiger partial charge in [-0.15, -0.1) is 23.2 Å². The summed E-state index contributed by atoms with van der Waals surface area (Å²) in [6, 6.07) is 0. The molecule has 0 saturated heterocycles. The third kappa shape index (κ3) is 1.76. The average molecular weight is 210 g/mol. The summed E-state index contributed by atoms with van der Waals surface area (Å²) in [5.41, 5.74) is 0.301. The molecule has 0 aromatic rings. The second kappa shape index (κ2) is 3.52. The van der Waals surface area contributed by atoms with E-state index in [9.17, 15) is 0 Å². The molecule has 1 rings (SSSR count). The summed E-state index contributed by atoms with van der Waals surface area (Å²) < 4.78 is 5.23. The van der Waals surface area contributed by atoms with Crippen molar-refractivity contribution in [1.29, 1.82) is 0 Å². The van der Waals surface area contributed by atoms with Gasteiger partial charge in [-0.05, 0) is 20.3 Å². The number of hydrogen-bond donors (Lipinski definition) is 0. The molecular formula is C8H13Cl2NO. The Morgan fingerprint density at radius 3 is 2.67 bits per heavy atom. The van der Waals surface area contributed by atoms with E-state index < -0.39 is 5.72 Å². The van der Waals surface area contributed by atoms with Gasteiger partial charge in [0.1, 0.15) is 0 Å². The Kier molecular flexibility index (Phi) is 3.02. The van der Waals surface area contributed by atoms with Gasteiger partial charge >= 0.3 is 0 Å². The molecule has 1 aliphatic rings. The number of ether oxygens (including phenoxy) is 1.